The van der Waals surface area contributed by atoms with E-state index in [2.05, 4.69) is 4.90 Å². The maximum absolute atomic E-state index is 12.4. The van der Waals surface area contributed by atoms with Crippen molar-refractivity contribution < 1.29 is 14.7 Å². The average Bonchev–Trinajstić information content (AvgIpc) is 3.13. The van der Waals surface area contributed by atoms with Gasteiger partial charge in [-0.1, -0.05) is 6.07 Å². The molecule has 1 saturated heterocycles. The second-order valence-electron chi connectivity index (χ2n) is 5.90. The molecule has 112 valence electrons. The Balaban J connectivity index is 1.71. The van der Waals surface area contributed by atoms with Crippen molar-refractivity contribution in [2.45, 2.75) is 38.9 Å². The summed E-state index contributed by atoms with van der Waals surface area (Å²) in [4.78, 5) is 27.5. The minimum atomic E-state index is -0.905. The number of carboxylic acids is 1. The monoisotopic (exact) mass is 288 g/mol. The Morgan fingerprint density at radius 2 is 1.81 bits per heavy atom. The van der Waals surface area contributed by atoms with Crippen molar-refractivity contribution in [3.8, 4) is 0 Å². The van der Waals surface area contributed by atoms with Gasteiger partial charge in [0.2, 0.25) is 5.91 Å². The van der Waals surface area contributed by atoms with Gasteiger partial charge in [-0.15, -0.1) is 0 Å². The van der Waals surface area contributed by atoms with Gasteiger partial charge in [0, 0.05) is 26.2 Å². The Kier molecular flexibility index (Phi) is 3.68. The minimum Gasteiger partial charge on any atom is -0.478 e. The highest BCUT2D eigenvalue weighted by molar-refractivity contribution is 5.88. The van der Waals surface area contributed by atoms with Gasteiger partial charge in [-0.3, -0.25) is 9.69 Å². The van der Waals surface area contributed by atoms with Gasteiger partial charge in [-0.25, -0.2) is 4.79 Å². The van der Waals surface area contributed by atoms with Crippen molar-refractivity contribution in [3.63, 3.8) is 0 Å². The van der Waals surface area contributed by atoms with E-state index in [-0.39, 0.29) is 11.9 Å². The van der Waals surface area contributed by atoms with Gasteiger partial charge >= 0.3 is 5.97 Å². The van der Waals surface area contributed by atoms with Crippen molar-refractivity contribution in [1.82, 2.24) is 9.80 Å². The van der Waals surface area contributed by atoms with Gasteiger partial charge < -0.3 is 10.0 Å². The molecule has 1 N–H and O–H groups in total. The fourth-order valence-corrected chi connectivity index (χ4v) is 3.19. The van der Waals surface area contributed by atoms with Gasteiger partial charge in [0.25, 0.3) is 0 Å². The molecule has 3 rings (SSSR count). The SMILES string of the molecule is CC(C(=O)N1CCCC1)N1Cc2ccc(C(=O)O)cc2C1. The number of carboxylic acid groups (broad SMARTS) is 1. The highest BCUT2D eigenvalue weighted by Crippen LogP contribution is 2.26. The van der Waals surface area contributed by atoms with Crippen molar-refractivity contribution >= 4 is 11.9 Å². The Morgan fingerprint density at radius 3 is 2.48 bits per heavy atom. The molecular weight excluding hydrogens is 268 g/mol. The normalized spacial score (nSPS) is 19.6. The molecule has 1 fully saturated rings. The molecule has 0 saturated carbocycles. The zero-order valence-corrected chi connectivity index (χ0v) is 12.2. The standard InChI is InChI=1S/C16H20N2O3/c1-11(15(19)17-6-2-3-7-17)18-9-13-5-4-12(16(20)21)8-14(13)10-18/h4-5,8,11H,2-3,6-7,9-10H2,1H3,(H,20,21). The van der Waals surface area contributed by atoms with Gasteiger partial charge in [0.15, 0.2) is 0 Å². The van der Waals surface area contributed by atoms with Crippen LogP contribution in [0.5, 0.6) is 0 Å². The van der Waals surface area contributed by atoms with Crippen LogP contribution in [0.25, 0.3) is 0 Å². The first-order valence-corrected chi connectivity index (χ1v) is 7.44. The first kappa shape index (κ1) is 14.1. The lowest BCUT2D eigenvalue weighted by Crippen LogP contribution is -2.44. The molecule has 1 atom stereocenters. The summed E-state index contributed by atoms with van der Waals surface area (Å²) in [5.41, 5.74) is 2.46. The molecule has 1 amide bonds. The van der Waals surface area contributed by atoms with Crippen molar-refractivity contribution in [2.24, 2.45) is 0 Å². The van der Waals surface area contributed by atoms with Crippen LogP contribution in [0.1, 0.15) is 41.3 Å². The summed E-state index contributed by atoms with van der Waals surface area (Å²) >= 11 is 0. The fourth-order valence-electron chi connectivity index (χ4n) is 3.19. The lowest BCUT2D eigenvalue weighted by molar-refractivity contribution is -0.135. The number of fused-ring (bicyclic) bond motifs is 1. The molecule has 2 aliphatic rings. The molecule has 1 unspecified atom stereocenters. The molecule has 1 aromatic carbocycles. The predicted octanol–water partition coefficient (Wildman–Crippen LogP) is 1.71. The molecule has 0 aromatic heterocycles. The van der Waals surface area contributed by atoms with Gasteiger partial charge in [-0.05, 0) is 43.0 Å². The van der Waals surface area contributed by atoms with Crippen LogP contribution < -0.4 is 0 Å². The molecule has 0 spiro atoms. The highest BCUT2D eigenvalue weighted by atomic mass is 16.4. The maximum Gasteiger partial charge on any atom is 0.335 e. The number of nitrogens with zero attached hydrogens (tertiary/aromatic N) is 2. The van der Waals surface area contributed by atoms with Crippen LogP contribution in [0.4, 0.5) is 0 Å². The number of carbonyl (C=O) groups is 2. The second-order valence-corrected chi connectivity index (χ2v) is 5.90. The van der Waals surface area contributed by atoms with E-state index >= 15 is 0 Å². The van der Waals surface area contributed by atoms with Crippen LogP contribution in [0.3, 0.4) is 0 Å². The summed E-state index contributed by atoms with van der Waals surface area (Å²) in [6, 6.07) is 5.08. The van der Waals surface area contributed by atoms with E-state index in [0.29, 0.717) is 12.1 Å². The Hall–Kier alpha value is -1.88. The summed E-state index contributed by atoms with van der Waals surface area (Å²) in [6.45, 7) is 5.05. The van der Waals surface area contributed by atoms with Crippen LogP contribution in [0.15, 0.2) is 18.2 Å². The number of benzene rings is 1. The third kappa shape index (κ3) is 2.65. The number of hydrogen-bond acceptors (Lipinski definition) is 3. The quantitative estimate of drug-likeness (QED) is 0.920. The van der Waals surface area contributed by atoms with E-state index in [4.69, 9.17) is 5.11 Å². The van der Waals surface area contributed by atoms with Crippen molar-refractivity contribution in [1.29, 1.82) is 0 Å². The molecule has 21 heavy (non-hydrogen) atoms. The zero-order valence-electron chi connectivity index (χ0n) is 12.2. The van der Waals surface area contributed by atoms with E-state index in [1.54, 1.807) is 12.1 Å². The maximum atomic E-state index is 12.4. The first-order chi connectivity index (χ1) is 10.1. The van der Waals surface area contributed by atoms with Crippen molar-refractivity contribution in [2.75, 3.05) is 13.1 Å². The highest BCUT2D eigenvalue weighted by Gasteiger charge is 2.31. The third-order valence-electron chi connectivity index (χ3n) is 4.52. The fraction of sp³-hybridized carbons (Fsp3) is 0.500. The Morgan fingerprint density at radius 1 is 1.14 bits per heavy atom. The number of carbonyl (C=O) groups excluding carboxylic acids is 1. The Labute approximate surface area is 124 Å². The summed E-state index contributed by atoms with van der Waals surface area (Å²) in [6.07, 6.45) is 2.20. The predicted molar refractivity (Wildman–Crippen MR) is 77.9 cm³/mol. The Bertz CT molecular complexity index is 579. The largest absolute Gasteiger partial charge is 0.478 e. The van der Waals surface area contributed by atoms with Crippen molar-refractivity contribution in [3.05, 3.63) is 34.9 Å². The molecule has 0 aliphatic carbocycles. The van der Waals surface area contributed by atoms with Crippen LogP contribution in [0.2, 0.25) is 0 Å². The molecule has 5 nitrogen and oxygen atoms in total. The summed E-state index contributed by atoms with van der Waals surface area (Å²) in [7, 11) is 0. The molecule has 1 aromatic rings. The van der Waals surface area contributed by atoms with E-state index < -0.39 is 5.97 Å². The van der Waals surface area contributed by atoms with Crippen LogP contribution in [-0.2, 0) is 17.9 Å². The van der Waals surface area contributed by atoms with Crippen LogP contribution in [-0.4, -0.2) is 45.9 Å². The zero-order chi connectivity index (χ0) is 15.0. The van der Waals surface area contributed by atoms with Crippen LogP contribution in [0, 0.1) is 0 Å². The average molecular weight is 288 g/mol. The lowest BCUT2D eigenvalue weighted by Gasteiger charge is -2.27. The summed E-state index contributed by atoms with van der Waals surface area (Å²) < 4.78 is 0. The second kappa shape index (κ2) is 5.48. The van der Waals surface area contributed by atoms with Gasteiger partial charge in [0.1, 0.15) is 0 Å². The molecule has 5 heteroatoms. The van der Waals surface area contributed by atoms with E-state index in [0.717, 1.165) is 43.6 Å². The van der Waals surface area contributed by atoms with Crippen LogP contribution >= 0.6 is 0 Å². The number of aromatic carboxylic acids is 1. The molecule has 2 heterocycles. The number of likely N-dealkylation sites (tertiary alicyclic amines) is 1. The van der Waals surface area contributed by atoms with Gasteiger partial charge in [0.05, 0.1) is 11.6 Å². The molecule has 0 bridgehead atoms. The van der Waals surface area contributed by atoms with E-state index in [1.165, 1.54) is 0 Å². The number of hydrogen-bond donors (Lipinski definition) is 1. The smallest absolute Gasteiger partial charge is 0.335 e. The van der Waals surface area contributed by atoms with E-state index in [9.17, 15) is 9.59 Å². The molecule has 0 radical (unpaired) electrons. The third-order valence-corrected chi connectivity index (χ3v) is 4.52. The van der Waals surface area contributed by atoms with E-state index in [1.807, 2.05) is 17.9 Å². The molecular formula is C16H20N2O3. The number of rotatable bonds is 3. The number of amides is 1. The lowest BCUT2D eigenvalue weighted by atomic mass is 10.1. The molecule has 2 aliphatic heterocycles. The summed E-state index contributed by atoms with van der Waals surface area (Å²) in [5.74, 6) is -0.712. The van der Waals surface area contributed by atoms with Gasteiger partial charge in [-0.2, -0.15) is 0 Å². The topological polar surface area (TPSA) is 60.9 Å². The summed E-state index contributed by atoms with van der Waals surface area (Å²) in [5, 5.41) is 9.05. The first-order valence-electron chi connectivity index (χ1n) is 7.44. The minimum absolute atomic E-state index is 0.149.